The van der Waals surface area contributed by atoms with Crippen molar-refractivity contribution in [2.45, 2.75) is 65.2 Å². The molecular weight excluding hydrogens is 412 g/mol. The molecular formula is C27H32N4O2. The molecule has 0 aliphatic carbocycles. The van der Waals surface area contributed by atoms with E-state index < -0.39 is 0 Å². The van der Waals surface area contributed by atoms with Crippen LogP contribution in [-0.4, -0.2) is 26.8 Å². The molecule has 2 heterocycles. The first-order valence-corrected chi connectivity index (χ1v) is 11.9. The fraction of sp³-hybridized carbons (Fsp3) is 0.407. The summed E-state index contributed by atoms with van der Waals surface area (Å²) in [5.41, 5.74) is 4.89. The van der Waals surface area contributed by atoms with Gasteiger partial charge >= 0.3 is 0 Å². The van der Waals surface area contributed by atoms with Crippen LogP contribution in [0, 0.1) is 0 Å². The van der Waals surface area contributed by atoms with Crippen molar-refractivity contribution in [1.82, 2.24) is 20.2 Å². The van der Waals surface area contributed by atoms with Crippen molar-refractivity contribution in [3.05, 3.63) is 65.9 Å². The van der Waals surface area contributed by atoms with Crippen molar-refractivity contribution >= 4 is 11.0 Å². The van der Waals surface area contributed by atoms with E-state index in [2.05, 4.69) is 48.3 Å². The molecule has 4 aromatic rings. The van der Waals surface area contributed by atoms with E-state index in [1.807, 2.05) is 31.2 Å². The number of hydrogen-bond acceptors (Lipinski definition) is 6. The second-order valence-electron chi connectivity index (χ2n) is 8.60. The Kier molecular flexibility index (Phi) is 7.66. The third kappa shape index (κ3) is 5.95. The summed E-state index contributed by atoms with van der Waals surface area (Å²) >= 11 is 0. The Morgan fingerprint density at radius 2 is 1.61 bits per heavy atom. The van der Waals surface area contributed by atoms with Crippen LogP contribution in [0.5, 0.6) is 5.88 Å². The number of aromatic nitrogens is 4. The van der Waals surface area contributed by atoms with Crippen LogP contribution in [0.1, 0.15) is 69.7 Å². The number of nitrogens with zero attached hydrogens (tertiary/aromatic N) is 4. The molecule has 0 atom stereocenters. The molecule has 2 aromatic heterocycles. The van der Waals surface area contributed by atoms with Gasteiger partial charge in [-0.3, -0.25) is 0 Å². The van der Waals surface area contributed by atoms with Crippen LogP contribution in [0.4, 0.5) is 0 Å². The zero-order valence-corrected chi connectivity index (χ0v) is 19.8. The Hall–Kier alpha value is -3.28. The van der Waals surface area contributed by atoms with Gasteiger partial charge in [0.1, 0.15) is 5.69 Å². The summed E-state index contributed by atoms with van der Waals surface area (Å²) in [6.07, 6.45) is 6.45. The maximum atomic E-state index is 5.82. The molecule has 4 rings (SSSR count). The van der Waals surface area contributed by atoms with Gasteiger partial charge in [-0.15, -0.1) is 10.2 Å². The van der Waals surface area contributed by atoms with Gasteiger partial charge in [-0.25, -0.2) is 9.97 Å². The molecule has 0 saturated carbocycles. The standard InChI is InChI=1S/C27H32N4O2/c1-4-32-27-25(28-22-15-9-10-16-23(22)29-27)21-14-11-13-20(18-21)12-7-5-6-8-17-24-30-31-26(33-24)19(2)3/h9-11,13-16,18-19H,4-8,12,17H2,1-3H3. The molecule has 172 valence electrons. The smallest absolute Gasteiger partial charge is 0.241 e. The topological polar surface area (TPSA) is 73.9 Å². The molecule has 0 amide bonds. The molecule has 0 aliphatic rings. The summed E-state index contributed by atoms with van der Waals surface area (Å²) in [5.74, 6) is 2.36. The fourth-order valence-corrected chi connectivity index (χ4v) is 3.84. The second kappa shape index (κ2) is 11.0. The Bertz CT molecular complexity index is 1190. The van der Waals surface area contributed by atoms with Gasteiger partial charge in [-0.05, 0) is 49.9 Å². The highest BCUT2D eigenvalue weighted by Crippen LogP contribution is 2.29. The minimum atomic E-state index is 0.284. The molecule has 0 aliphatic heterocycles. The van der Waals surface area contributed by atoms with Crippen molar-refractivity contribution in [3.8, 4) is 17.1 Å². The van der Waals surface area contributed by atoms with Gasteiger partial charge in [-0.2, -0.15) is 0 Å². The Morgan fingerprint density at radius 3 is 2.33 bits per heavy atom. The summed E-state index contributed by atoms with van der Waals surface area (Å²) in [7, 11) is 0. The van der Waals surface area contributed by atoms with E-state index in [-0.39, 0.29) is 5.92 Å². The van der Waals surface area contributed by atoms with Crippen molar-refractivity contribution in [2.24, 2.45) is 0 Å². The predicted molar refractivity (Wildman–Crippen MR) is 130 cm³/mol. The van der Waals surface area contributed by atoms with Gasteiger partial charge in [0.15, 0.2) is 0 Å². The zero-order chi connectivity index (χ0) is 23.0. The van der Waals surface area contributed by atoms with E-state index >= 15 is 0 Å². The largest absolute Gasteiger partial charge is 0.476 e. The monoisotopic (exact) mass is 444 g/mol. The number of benzene rings is 2. The normalized spacial score (nSPS) is 11.4. The summed E-state index contributed by atoms with van der Waals surface area (Å²) in [4.78, 5) is 9.56. The zero-order valence-electron chi connectivity index (χ0n) is 19.8. The minimum absolute atomic E-state index is 0.284. The Morgan fingerprint density at radius 1 is 0.848 bits per heavy atom. The maximum absolute atomic E-state index is 5.82. The van der Waals surface area contributed by atoms with Crippen LogP contribution >= 0.6 is 0 Å². The molecule has 0 spiro atoms. The number of fused-ring (bicyclic) bond motifs is 1. The molecule has 0 unspecified atom stereocenters. The van der Waals surface area contributed by atoms with Crippen LogP contribution in [0.25, 0.3) is 22.3 Å². The van der Waals surface area contributed by atoms with Gasteiger partial charge < -0.3 is 9.15 Å². The van der Waals surface area contributed by atoms with Gasteiger partial charge in [0, 0.05) is 17.9 Å². The highest BCUT2D eigenvalue weighted by molar-refractivity contribution is 5.79. The molecule has 0 radical (unpaired) electrons. The Labute approximate surface area is 195 Å². The minimum Gasteiger partial charge on any atom is -0.476 e. The van der Waals surface area contributed by atoms with E-state index in [9.17, 15) is 0 Å². The van der Waals surface area contributed by atoms with Crippen LogP contribution in [0.2, 0.25) is 0 Å². The first kappa shape index (κ1) is 22.9. The molecule has 2 aromatic carbocycles. The molecule has 0 saturated heterocycles. The summed E-state index contributed by atoms with van der Waals surface area (Å²) < 4.78 is 11.5. The fourth-order valence-electron chi connectivity index (χ4n) is 3.84. The van der Waals surface area contributed by atoms with Crippen molar-refractivity contribution < 1.29 is 9.15 Å². The predicted octanol–water partition coefficient (Wildman–Crippen LogP) is 6.55. The highest BCUT2D eigenvalue weighted by Gasteiger charge is 2.13. The number of rotatable bonds is 11. The molecule has 0 fully saturated rings. The summed E-state index contributed by atoms with van der Waals surface area (Å²) in [6.45, 7) is 6.66. The van der Waals surface area contributed by atoms with Crippen LogP contribution < -0.4 is 4.74 Å². The third-order valence-electron chi connectivity index (χ3n) is 5.60. The molecule has 0 N–H and O–H groups in total. The molecule has 6 heteroatoms. The first-order chi connectivity index (χ1) is 16.1. The number of para-hydroxylation sites is 2. The number of unbranched alkanes of at least 4 members (excludes halogenated alkanes) is 3. The lowest BCUT2D eigenvalue weighted by Crippen LogP contribution is -2.00. The van der Waals surface area contributed by atoms with E-state index in [1.54, 1.807) is 0 Å². The van der Waals surface area contributed by atoms with Crippen molar-refractivity contribution in [3.63, 3.8) is 0 Å². The number of ether oxygens (including phenoxy) is 1. The summed E-state index contributed by atoms with van der Waals surface area (Å²) in [5, 5.41) is 8.25. The van der Waals surface area contributed by atoms with Crippen LogP contribution in [0.3, 0.4) is 0 Å². The van der Waals surface area contributed by atoms with Gasteiger partial charge in [0.25, 0.3) is 0 Å². The van der Waals surface area contributed by atoms with Crippen molar-refractivity contribution in [2.75, 3.05) is 6.61 Å². The highest BCUT2D eigenvalue weighted by atomic mass is 16.5. The van der Waals surface area contributed by atoms with Gasteiger partial charge in [0.2, 0.25) is 17.7 Å². The first-order valence-electron chi connectivity index (χ1n) is 11.9. The molecule has 6 nitrogen and oxygen atoms in total. The van der Waals surface area contributed by atoms with E-state index in [4.69, 9.17) is 19.1 Å². The molecule has 33 heavy (non-hydrogen) atoms. The Balaban J connectivity index is 1.34. The second-order valence-corrected chi connectivity index (χ2v) is 8.60. The van der Waals surface area contributed by atoms with E-state index in [0.717, 1.165) is 66.2 Å². The lowest BCUT2D eigenvalue weighted by Gasteiger charge is -2.11. The van der Waals surface area contributed by atoms with E-state index in [1.165, 1.54) is 12.0 Å². The molecule has 0 bridgehead atoms. The van der Waals surface area contributed by atoms with Crippen LogP contribution in [0.15, 0.2) is 52.9 Å². The number of aryl methyl sites for hydroxylation is 2. The lowest BCUT2D eigenvalue weighted by molar-refractivity contribution is 0.328. The van der Waals surface area contributed by atoms with Gasteiger partial charge in [0.05, 0.1) is 17.6 Å². The number of hydrogen-bond donors (Lipinski definition) is 0. The van der Waals surface area contributed by atoms with Crippen molar-refractivity contribution in [1.29, 1.82) is 0 Å². The lowest BCUT2D eigenvalue weighted by atomic mass is 10.0. The average molecular weight is 445 g/mol. The average Bonchev–Trinajstić information content (AvgIpc) is 3.31. The third-order valence-corrected chi connectivity index (χ3v) is 5.60. The summed E-state index contributed by atoms with van der Waals surface area (Å²) in [6, 6.07) is 16.5. The van der Waals surface area contributed by atoms with E-state index in [0.29, 0.717) is 12.5 Å². The maximum Gasteiger partial charge on any atom is 0.241 e. The SMILES string of the molecule is CCOc1nc2ccccc2nc1-c1cccc(CCCCCCc2nnc(C(C)C)o2)c1. The van der Waals surface area contributed by atoms with Gasteiger partial charge in [-0.1, -0.05) is 57.0 Å². The van der Waals surface area contributed by atoms with Crippen LogP contribution in [-0.2, 0) is 12.8 Å². The quantitative estimate of drug-likeness (QED) is 0.244.